The van der Waals surface area contributed by atoms with Crippen LogP contribution in [0.5, 0.6) is 0 Å². The highest BCUT2D eigenvalue weighted by atomic mass is 16.5. The molecule has 0 aliphatic carbocycles. The Kier molecular flexibility index (Phi) is 6.47. The molecule has 5 N–H and O–H groups in total. The van der Waals surface area contributed by atoms with Crippen molar-refractivity contribution in [3.05, 3.63) is 0 Å². The number of primary amides is 1. The van der Waals surface area contributed by atoms with Crippen LogP contribution in [0.3, 0.4) is 0 Å². The molecule has 6 heteroatoms. The van der Waals surface area contributed by atoms with Gasteiger partial charge in [-0.25, -0.2) is 4.79 Å². The summed E-state index contributed by atoms with van der Waals surface area (Å²) in [6.45, 7) is 2.26. The van der Waals surface area contributed by atoms with Gasteiger partial charge < -0.3 is 21.5 Å². The van der Waals surface area contributed by atoms with Crippen LogP contribution < -0.4 is 16.8 Å². The number of amides is 2. The highest BCUT2D eigenvalue weighted by Crippen LogP contribution is 1.92. The van der Waals surface area contributed by atoms with Gasteiger partial charge in [0.05, 0.1) is 6.54 Å². The smallest absolute Gasteiger partial charge is 0.404 e. The van der Waals surface area contributed by atoms with Gasteiger partial charge in [0.25, 0.3) is 0 Å². The average molecular weight is 203 g/mol. The van der Waals surface area contributed by atoms with Crippen LogP contribution in [0.2, 0.25) is 0 Å². The van der Waals surface area contributed by atoms with Crippen LogP contribution in [0, 0.1) is 0 Å². The molecule has 0 aromatic rings. The number of nitrogens with one attached hydrogen (secondary N) is 1. The highest BCUT2D eigenvalue weighted by molar-refractivity contribution is 5.76. The maximum absolute atomic E-state index is 11.1. The van der Waals surface area contributed by atoms with Gasteiger partial charge in [0.2, 0.25) is 5.91 Å². The van der Waals surface area contributed by atoms with E-state index in [2.05, 4.69) is 10.1 Å². The van der Waals surface area contributed by atoms with Crippen molar-refractivity contribution in [3.8, 4) is 0 Å². The fraction of sp³-hybridized carbons (Fsp3) is 0.750. The van der Waals surface area contributed by atoms with E-state index < -0.39 is 6.09 Å². The zero-order valence-corrected chi connectivity index (χ0v) is 8.29. The van der Waals surface area contributed by atoms with Crippen LogP contribution in [0.25, 0.3) is 0 Å². The molecule has 0 saturated heterocycles. The van der Waals surface area contributed by atoms with Crippen LogP contribution in [-0.2, 0) is 9.53 Å². The summed E-state index contributed by atoms with van der Waals surface area (Å²) in [7, 11) is 0. The molecular weight excluding hydrogens is 186 g/mol. The average Bonchev–Trinajstić information content (AvgIpc) is 2.12. The molecule has 82 valence electrons. The summed E-state index contributed by atoms with van der Waals surface area (Å²) >= 11 is 0. The normalized spacial score (nSPS) is 11.9. The largest absolute Gasteiger partial charge is 0.448 e. The molecule has 2 amide bonds. The predicted molar refractivity (Wildman–Crippen MR) is 51.4 cm³/mol. The lowest BCUT2D eigenvalue weighted by atomic mass is 10.1. The third kappa shape index (κ3) is 7.35. The maximum atomic E-state index is 11.1. The van der Waals surface area contributed by atoms with Crippen molar-refractivity contribution >= 4 is 12.0 Å². The van der Waals surface area contributed by atoms with Crippen molar-refractivity contribution in [3.63, 3.8) is 0 Å². The van der Waals surface area contributed by atoms with E-state index in [1.54, 1.807) is 0 Å². The number of nitrogens with two attached hydrogens (primary N) is 2. The molecule has 14 heavy (non-hydrogen) atoms. The van der Waals surface area contributed by atoms with Gasteiger partial charge in [-0.1, -0.05) is 6.92 Å². The first kappa shape index (κ1) is 12.7. The Hall–Kier alpha value is -1.30. The summed E-state index contributed by atoms with van der Waals surface area (Å²) in [4.78, 5) is 21.2. The monoisotopic (exact) mass is 203 g/mol. The van der Waals surface area contributed by atoms with Crippen LogP contribution in [0.1, 0.15) is 19.8 Å². The third-order valence-electron chi connectivity index (χ3n) is 1.64. The molecule has 0 fully saturated rings. The maximum Gasteiger partial charge on any atom is 0.404 e. The van der Waals surface area contributed by atoms with Crippen molar-refractivity contribution in [2.45, 2.75) is 25.8 Å². The fourth-order valence-electron chi connectivity index (χ4n) is 0.797. The molecule has 0 saturated carbocycles. The van der Waals surface area contributed by atoms with Crippen LogP contribution in [-0.4, -0.2) is 31.2 Å². The van der Waals surface area contributed by atoms with Crippen molar-refractivity contribution in [1.29, 1.82) is 0 Å². The van der Waals surface area contributed by atoms with E-state index in [4.69, 9.17) is 11.5 Å². The topological polar surface area (TPSA) is 107 Å². The molecule has 6 nitrogen and oxygen atoms in total. The molecule has 1 unspecified atom stereocenters. The van der Waals surface area contributed by atoms with Crippen molar-refractivity contribution in [2.75, 3.05) is 13.2 Å². The Bertz CT molecular complexity index is 196. The van der Waals surface area contributed by atoms with E-state index in [0.717, 1.165) is 6.42 Å². The summed E-state index contributed by atoms with van der Waals surface area (Å²) in [6, 6.07) is -0.118. The van der Waals surface area contributed by atoms with Gasteiger partial charge in [-0.05, 0) is 6.42 Å². The van der Waals surface area contributed by atoms with E-state index in [1.807, 2.05) is 6.92 Å². The number of carbonyl (C=O) groups excluding carboxylic acids is 2. The third-order valence-corrected chi connectivity index (χ3v) is 1.64. The number of hydrogen-bond donors (Lipinski definition) is 3. The molecule has 1 atom stereocenters. The summed E-state index contributed by atoms with van der Waals surface area (Å²) in [5.41, 5.74) is 10.3. The van der Waals surface area contributed by atoms with Crippen molar-refractivity contribution < 1.29 is 14.3 Å². The molecule has 0 aliphatic rings. The number of rotatable bonds is 6. The molecule has 0 aliphatic heterocycles. The lowest BCUT2D eigenvalue weighted by Gasteiger charge is -2.08. The number of ether oxygens (including phenoxy) is 1. The molecule has 0 rings (SSSR count). The Balaban J connectivity index is 3.40. The van der Waals surface area contributed by atoms with Crippen molar-refractivity contribution in [2.24, 2.45) is 11.5 Å². The predicted octanol–water partition coefficient (Wildman–Crippen LogP) is -0.675. The van der Waals surface area contributed by atoms with Crippen molar-refractivity contribution in [1.82, 2.24) is 5.32 Å². The quantitative estimate of drug-likeness (QED) is 0.497. The van der Waals surface area contributed by atoms with Gasteiger partial charge in [0.1, 0.15) is 6.61 Å². The zero-order chi connectivity index (χ0) is 11.0. The van der Waals surface area contributed by atoms with Gasteiger partial charge in [-0.2, -0.15) is 0 Å². The molecule has 0 radical (unpaired) electrons. The van der Waals surface area contributed by atoms with E-state index in [9.17, 15) is 9.59 Å². The van der Waals surface area contributed by atoms with Gasteiger partial charge in [-0.15, -0.1) is 0 Å². The first-order valence-corrected chi connectivity index (χ1v) is 4.50. The van der Waals surface area contributed by atoms with Gasteiger partial charge >= 0.3 is 6.09 Å². The minimum atomic E-state index is -0.843. The van der Waals surface area contributed by atoms with Gasteiger partial charge in [0, 0.05) is 12.5 Å². The second kappa shape index (κ2) is 7.14. The fourth-order valence-corrected chi connectivity index (χ4v) is 0.797. The lowest BCUT2D eigenvalue weighted by molar-refractivity contribution is -0.121. The second-order valence-electron chi connectivity index (χ2n) is 2.89. The minimum absolute atomic E-state index is 0.0858. The first-order valence-electron chi connectivity index (χ1n) is 4.50. The zero-order valence-electron chi connectivity index (χ0n) is 8.29. The molecule has 0 aromatic carbocycles. The molecule has 0 aromatic heterocycles. The first-order chi connectivity index (χ1) is 6.56. The lowest BCUT2D eigenvalue weighted by Crippen LogP contribution is -2.33. The molecule has 0 heterocycles. The highest BCUT2D eigenvalue weighted by Gasteiger charge is 2.06. The second-order valence-corrected chi connectivity index (χ2v) is 2.89. The van der Waals surface area contributed by atoms with E-state index in [1.165, 1.54) is 0 Å². The summed E-state index contributed by atoms with van der Waals surface area (Å²) in [6.07, 6.45) is 0.197. The van der Waals surface area contributed by atoms with E-state index in [-0.39, 0.29) is 31.5 Å². The summed E-state index contributed by atoms with van der Waals surface area (Å²) in [5, 5.41) is 2.55. The Morgan fingerprint density at radius 1 is 1.50 bits per heavy atom. The van der Waals surface area contributed by atoms with Crippen LogP contribution >= 0.6 is 0 Å². The summed E-state index contributed by atoms with van der Waals surface area (Å²) in [5.74, 6) is -0.146. The molecule has 0 bridgehead atoms. The Morgan fingerprint density at radius 2 is 2.14 bits per heavy atom. The Morgan fingerprint density at radius 3 is 2.64 bits per heavy atom. The van der Waals surface area contributed by atoms with E-state index in [0.29, 0.717) is 0 Å². The van der Waals surface area contributed by atoms with Gasteiger partial charge in [0.15, 0.2) is 0 Å². The molecule has 0 spiro atoms. The Labute approximate surface area is 83.0 Å². The standard InChI is InChI=1S/C8H17N3O3/c1-2-6(9)5-7(12)11-3-4-14-8(10)13/h6H,2-5,9H2,1H3,(H2,10,13)(H,11,12). The van der Waals surface area contributed by atoms with Crippen LogP contribution in [0.15, 0.2) is 0 Å². The van der Waals surface area contributed by atoms with Gasteiger partial charge in [-0.3, -0.25) is 4.79 Å². The molecular formula is C8H17N3O3. The minimum Gasteiger partial charge on any atom is -0.448 e. The van der Waals surface area contributed by atoms with Crippen LogP contribution in [0.4, 0.5) is 4.79 Å². The summed E-state index contributed by atoms with van der Waals surface area (Å²) < 4.78 is 4.42. The number of hydrogen-bond acceptors (Lipinski definition) is 4. The SMILES string of the molecule is CCC(N)CC(=O)NCCOC(N)=O. The van der Waals surface area contributed by atoms with E-state index >= 15 is 0 Å². The number of carbonyl (C=O) groups is 2.